The number of nitrogens with zero attached hydrogens (tertiary/aromatic N) is 2. The van der Waals surface area contributed by atoms with Crippen molar-refractivity contribution in [2.75, 3.05) is 19.6 Å². The topological polar surface area (TPSA) is 670 Å². The average molecular weight is 1770 g/mol. The first kappa shape index (κ1) is 112. The van der Waals surface area contributed by atoms with E-state index in [1.807, 2.05) is 6.92 Å². The van der Waals surface area contributed by atoms with Crippen LogP contribution in [0.15, 0.2) is 40.3 Å². The molecule has 0 spiro atoms. The Hall–Kier alpha value is -11.3. The average Bonchev–Trinajstić information content (AvgIpc) is 0.856. The third-order valence-electron chi connectivity index (χ3n) is 21.1. The van der Waals surface area contributed by atoms with Gasteiger partial charge in [-0.05, 0) is 88.0 Å². The molecule has 706 valence electrons. The number of nitrogens with one attached hydrogen (secondary N) is 12. The Balaban J connectivity index is 3.46. The summed E-state index contributed by atoms with van der Waals surface area (Å²) in [5.74, 6) is -21.0. The van der Waals surface area contributed by atoms with E-state index >= 15 is 0 Å². The lowest BCUT2D eigenvalue weighted by atomic mass is 9.97. The molecule has 1 aromatic rings. The van der Waals surface area contributed by atoms with Crippen molar-refractivity contribution in [2.24, 2.45) is 56.4 Å². The van der Waals surface area contributed by atoms with Crippen LogP contribution in [-0.2, 0) is 87.9 Å². The van der Waals surface area contributed by atoms with Gasteiger partial charge < -0.3 is 113 Å². The molecule has 1 aromatic carbocycles. The van der Waals surface area contributed by atoms with E-state index < -0.39 is 225 Å². The lowest BCUT2D eigenvalue weighted by Gasteiger charge is -2.29. The first-order chi connectivity index (χ1) is 59.2. The van der Waals surface area contributed by atoms with Crippen LogP contribution in [0.3, 0.4) is 0 Å². The first-order valence-corrected chi connectivity index (χ1v) is 44.1. The minimum Gasteiger partial charge on any atom is -0.481 e. The number of carboxylic acid groups (broad SMARTS) is 4. The fourth-order valence-electron chi connectivity index (χ4n) is 13.4. The van der Waals surface area contributed by atoms with Gasteiger partial charge in [-0.2, -0.15) is 0 Å². The molecule has 13 atom stereocenters. The Morgan fingerprint density at radius 2 is 0.712 bits per heavy atom. The van der Waals surface area contributed by atoms with E-state index in [2.05, 4.69) is 80.7 Å². The SMILES string of the molecule is CCCCCCCCCCCCCCCCCCCCCC(=O)N[C@H](C(=O)N[C@@H](C)C(=O)N[C@@H](CCC(N)=O)C(=O)N[C@@H](CCC(=O)O)C(=O)N[C@@H](CC(C)C)C(=O)N[C@@H](CCCN=C(N)N)C(=O)NC(CCCN=C(N)N)C(=O)N[C@H](C(=O)NCC(=O)N[C@@H](CC(=O)O)C(=O)N[C@@H](CCC(=O)O)C(=O)N[C@@H](Cc1ccccc1)C(=O)O)[C@@H](C)CC)[C@@H](C)CC. The number of rotatable bonds is 71. The molecule has 40 heteroatoms. The van der Waals surface area contributed by atoms with Crippen molar-refractivity contribution >= 4 is 113 Å². The second-order valence-electron chi connectivity index (χ2n) is 32.4. The summed E-state index contributed by atoms with van der Waals surface area (Å²) in [6.07, 6.45) is 18.0. The number of nitrogens with two attached hydrogens (primary N) is 5. The van der Waals surface area contributed by atoms with Gasteiger partial charge in [0, 0.05) is 45.2 Å². The molecule has 0 fully saturated rings. The predicted octanol–water partition coefficient (Wildman–Crippen LogP) is 2.32. The zero-order chi connectivity index (χ0) is 93.9. The number of aliphatic carboxylic acids is 4. The molecule has 13 amide bonds. The molecule has 0 aliphatic carbocycles. The highest BCUT2D eigenvalue weighted by Gasteiger charge is 2.38. The molecule has 0 aliphatic rings. The van der Waals surface area contributed by atoms with Gasteiger partial charge in [0.15, 0.2) is 11.9 Å². The molecule has 125 heavy (non-hydrogen) atoms. The van der Waals surface area contributed by atoms with Gasteiger partial charge in [0.2, 0.25) is 76.8 Å². The highest BCUT2D eigenvalue weighted by molar-refractivity contribution is 6.00. The van der Waals surface area contributed by atoms with Crippen LogP contribution in [0.1, 0.15) is 279 Å². The number of hydrogen-bond donors (Lipinski definition) is 21. The van der Waals surface area contributed by atoms with Crippen molar-refractivity contribution < 1.29 is 102 Å². The summed E-state index contributed by atoms with van der Waals surface area (Å²) in [6, 6.07) is -9.35. The molecule has 26 N–H and O–H groups in total. The van der Waals surface area contributed by atoms with E-state index in [1.165, 1.54) is 96.8 Å². The van der Waals surface area contributed by atoms with Gasteiger partial charge in [-0.3, -0.25) is 86.7 Å². The highest BCUT2D eigenvalue weighted by Crippen LogP contribution is 2.19. The van der Waals surface area contributed by atoms with Crippen molar-refractivity contribution in [1.29, 1.82) is 0 Å². The molecule has 0 radical (unpaired) electrons. The van der Waals surface area contributed by atoms with E-state index in [-0.39, 0.29) is 88.2 Å². The van der Waals surface area contributed by atoms with E-state index in [1.54, 1.807) is 65.0 Å². The zero-order valence-corrected chi connectivity index (χ0v) is 74.3. The van der Waals surface area contributed by atoms with Crippen LogP contribution in [0.4, 0.5) is 0 Å². The number of aliphatic imine (C=N–C) groups is 2. The van der Waals surface area contributed by atoms with Gasteiger partial charge in [-0.1, -0.05) is 207 Å². The molecule has 1 unspecified atom stereocenters. The molecule has 0 heterocycles. The third kappa shape index (κ3) is 51.6. The molecular weight excluding hydrogens is 1620 g/mol. The quantitative estimate of drug-likeness (QED) is 0.0253. The summed E-state index contributed by atoms with van der Waals surface area (Å²) in [5, 5.41) is 68.5. The molecule has 0 saturated carbocycles. The van der Waals surface area contributed by atoms with Crippen molar-refractivity contribution in [1.82, 2.24) is 63.8 Å². The maximum atomic E-state index is 14.7. The fourth-order valence-corrected chi connectivity index (χ4v) is 13.4. The van der Waals surface area contributed by atoms with Crippen LogP contribution in [0.25, 0.3) is 0 Å². The highest BCUT2D eigenvalue weighted by atomic mass is 16.4. The van der Waals surface area contributed by atoms with Crippen molar-refractivity contribution in [3.8, 4) is 0 Å². The van der Waals surface area contributed by atoms with E-state index in [9.17, 15) is 102 Å². The maximum absolute atomic E-state index is 14.7. The lowest BCUT2D eigenvalue weighted by molar-refractivity contribution is -0.143. The third-order valence-corrected chi connectivity index (χ3v) is 21.1. The standard InChI is InChI=1S/C85H145N19O21/c1-9-12-13-14-15-16-17-18-19-20-21-22-23-24-25-26-27-28-32-39-66(106)103-72(54(7)11-3)82(123)94-55(8)73(114)96-59(40-43-65(86)105)75(116)99-60(41-44-68(108)109)76(117)101-62(48-52(4)5)79(120)98-57(37-33-46-91-84(87)88)74(115)97-58(38-34-47-92-85(89)90)78(119)104-71(53(6)10-2)81(122)93-51-67(107)95-63(50-70(112)113)80(121)100-61(42-45-69(110)111)77(118)102-64(83(124)125)49-56-35-30-29-31-36-56/h29-31,35-36,52-55,57-64,71-72H,9-28,32-34,37-51H2,1-8H3,(H2,86,105)(H,93,122)(H,94,123)(H,95,107)(H,96,114)(H,97,115)(H,98,120)(H,99,116)(H,100,121)(H,101,117)(H,102,118)(H,103,106)(H,104,119)(H,108,109)(H,110,111)(H,112,113)(H,124,125)(H4,87,88,91)(H4,89,90,92)/t53-,54-,55-,57-,58?,59-,60-,61-,62-,63-,64-,71-,72-/m0/s1. The molecule has 0 saturated heterocycles. The van der Waals surface area contributed by atoms with Crippen molar-refractivity contribution in [3.63, 3.8) is 0 Å². The second kappa shape index (κ2) is 64.5. The normalized spacial score (nSPS) is 14.2. The number of amides is 13. The molecular formula is C85H145N19O21. The molecule has 0 aliphatic heterocycles. The van der Waals surface area contributed by atoms with Gasteiger partial charge in [0.05, 0.1) is 13.0 Å². The molecule has 1 rings (SSSR count). The second-order valence-corrected chi connectivity index (χ2v) is 32.4. The van der Waals surface area contributed by atoms with E-state index in [0.717, 1.165) is 25.7 Å². The van der Waals surface area contributed by atoms with Gasteiger partial charge in [-0.15, -0.1) is 0 Å². The number of guanidine groups is 2. The zero-order valence-electron chi connectivity index (χ0n) is 74.3. The smallest absolute Gasteiger partial charge is 0.326 e. The minimum absolute atomic E-state index is 0.0103. The van der Waals surface area contributed by atoms with Gasteiger partial charge in [-0.25, -0.2) is 4.79 Å². The van der Waals surface area contributed by atoms with Gasteiger partial charge in [0.1, 0.15) is 66.5 Å². The largest absolute Gasteiger partial charge is 0.481 e. The van der Waals surface area contributed by atoms with Crippen molar-refractivity contribution in [3.05, 3.63) is 35.9 Å². The van der Waals surface area contributed by atoms with Crippen LogP contribution >= 0.6 is 0 Å². The van der Waals surface area contributed by atoms with Crippen LogP contribution in [0, 0.1) is 17.8 Å². The lowest BCUT2D eigenvalue weighted by Crippen LogP contribution is -2.60. The summed E-state index contributed by atoms with van der Waals surface area (Å²) < 4.78 is 0. The van der Waals surface area contributed by atoms with Crippen LogP contribution in [-0.4, -0.2) is 219 Å². The van der Waals surface area contributed by atoms with Gasteiger partial charge >= 0.3 is 23.9 Å². The number of unbranched alkanes of at least 4 members (excludes halogenated alkanes) is 18. The monoisotopic (exact) mass is 1770 g/mol. The van der Waals surface area contributed by atoms with Crippen LogP contribution in [0.5, 0.6) is 0 Å². The number of carboxylic acids is 4. The summed E-state index contributed by atoms with van der Waals surface area (Å²) in [5.41, 5.74) is 28.3. The van der Waals surface area contributed by atoms with Crippen LogP contribution < -0.4 is 92.5 Å². The van der Waals surface area contributed by atoms with Gasteiger partial charge in [0.25, 0.3) is 0 Å². The predicted molar refractivity (Wildman–Crippen MR) is 468 cm³/mol. The molecule has 40 nitrogen and oxygen atoms in total. The molecule has 0 aromatic heterocycles. The Kier molecular flexibility index (Phi) is 57.7. The Morgan fingerprint density at radius 1 is 0.344 bits per heavy atom. The first-order valence-electron chi connectivity index (χ1n) is 44.1. The summed E-state index contributed by atoms with van der Waals surface area (Å²) in [7, 11) is 0. The number of carbonyl (C=O) groups excluding carboxylic acids is 13. The molecule has 0 bridgehead atoms. The number of hydrogen-bond acceptors (Lipinski definition) is 19. The van der Waals surface area contributed by atoms with E-state index in [4.69, 9.17) is 28.7 Å². The van der Waals surface area contributed by atoms with E-state index in [0.29, 0.717) is 18.4 Å². The van der Waals surface area contributed by atoms with Crippen LogP contribution in [0.2, 0.25) is 0 Å². The number of primary amides is 1. The number of benzene rings is 1. The van der Waals surface area contributed by atoms with Crippen molar-refractivity contribution in [2.45, 2.75) is 347 Å². The Bertz CT molecular complexity index is 3620. The summed E-state index contributed by atoms with van der Waals surface area (Å²) in [4.78, 5) is 237. The Morgan fingerprint density at radius 3 is 1.10 bits per heavy atom. The maximum Gasteiger partial charge on any atom is 0.326 e. The summed E-state index contributed by atoms with van der Waals surface area (Å²) >= 11 is 0. The minimum atomic E-state index is -1.99. The fraction of sp³-hybridized carbons (Fsp3) is 0.706. The Labute approximate surface area is 733 Å². The number of carbonyl (C=O) groups is 17. The summed E-state index contributed by atoms with van der Waals surface area (Å²) in [6.45, 7) is 12.5.